The molecule has 15 heavy (non-hydrogen) atoms. The molecule has 0 aromatic carbocycles. The van der Waals surface area contributed by atoms with Gasteiger partial charge in [0.25, 0.3) is 0 Å². The van der Waals surface area contributed by atoms with Gasteiger partial charge in [0.1, 0.15) is 0 Å². The Hall–Kier alpha value is -0.120. The molecule has 88 valence electrons. The molecule has 3 heteroatoms. The molecule has 0 amide bonds. The van der Waals surface area contributed by atoms with Crippen LogP contribution in [0.4, 0.5) is 0 Å². The highest BCUT2D eigenvalue weighted by molar-refractivity contribution is 4.84. The van der Waals surface area contributed by atoms with Crippen LogP contribution >= 0.6 is 0 Å². The Bertz CT molecular complexity index is 196. The van der Waals surface area contributed by atoms with Crippen LogP contribution < -0.4 is 5.32 Å². The molecule has 1 aliphatic carbocycles. The van der Waals surface area contributed by atoms with Gasteiger partial charge in [-0.05, 0) is 24.7 Å². The van der Waals surface area contributed by atoms with Crippen LogP contribution in [0.15, 0.2) is 0 Å². The SMILES string of the molecule is CC1CN(CC(O)CNC2CC2)CC1C. The quantitative estimate of drug-likeness (QED) is 0.704. The minimum absolute atomic E-state index is 0.192. The first kappa shape index (κ1) is 11.4. The van der Waals surface area contributed by atoms with Crippen LogP contribution in [0.1, 0.15) is 26.7 Å². The fraction of sp³-hybridized carbons (Fsp3) is 1.00. The van der Waals surface area contributed by atoms with Gasteiger partial charge in [-0.15, -0.1) is 0 Å². The van der Waals surface area contributed by atoms with Gasteiger partial charge in [-0.2, -0.15) is 0 Å². The van der Waals surface area contributed by atoms with E-state index in [1.54, 1.807) is 0 Å². The lowest BCUT2D eigenvalue weighted by atomic mass is 10.0. The van der Waals surface area contributed by atoms with E-state index >= 15 is 0 Å². The highest BCUT2D eigenvalue weighted by atomic mass is 16.3. The predicted octanol–water partition coefficient (Wildman–Crippen LogP) is 0.687. The number of hydrogen-bond donors (Lipinski definition) is 2. The molecule has 1 heterocycles. The standard InChI is InChI=1S/C12H24N2O/c1-9-6-14(7-10(9)2)8-12(15)5-13-11-3-4-11/h9-13,15H,3-8H2,1-2H3. The van der Waals surface area contributed by atoms with Crippen LogP contribution in [-0.2, 0) is 0 Å². The number of rotatable bonds is 5. The maximum Gasteiger partial charge on any atom is 0.0791 e. The van der Waals surface area contributed by atoms with Gasteiger partial charge in [0, 0.05) is 32.2 Å². The Labute approximate surface area is 92.8 Å². The third-order valence-corrected chi connectivity index (χ3v) is 3.75. The van der Waals surface area contributed by atoms with Crippen molar-refractivity contribution >= 4 is 0 Å². The summed E-state index contributed by atoms with van der Waals surface area (Å²) in [5, 5.41) is 13.2. The van der Waals surface area contributed by atoms with E-state index in [0.717, 1.165) is 38.0 Å². The second kappa shape index (κ2) is 4.81. The summed E-state index contributed by atoms with van der Waals surface area (Å²) in [4.78, 5) is 2.40. The molecule has 2 N–H and O–H groups in total. The molecule has 0 bridgehead atoms. The Morgan fingerprint density at radius 3 is 2.40 bits per heavy atom. The van der Waals surface area contributed by atoms with Gasteiger partial charge in [0.15, 0.2) is 0 Å². The Kier molecular flexibility index (Phi) is 3.65. The summed E-state index contributed by atoms with van der Waals surface area (Å²) >= 11 is 0. The largest absolute Gasteiger partial charge is 0.390 e. The Morgan fingerprint density at radius 1 is 1.27 bits per heavy atom. The van der Waals surface area contributed by atoms with Crippen LogP contribution in [-0.4, -0.2) is 48.3 Å². The zero-order valence-electron chi connectivity index (χ0n) is 9.95. The molecule has 0 aromatic rings. The summed E-state index contributed by atoms with van der Waals surface area (Å²) in [5.41, 5.74) is 0. The second-order valence-electron chi connectivity index (χ2n) is 5.51. The summed E-state index contributed by atoms with van der Waals surface area (Å²) in [6, 6.07) is 0.705. The van der Waals surface area contributed by atoms with Gasteiger partial charge in [0.2, 0.25) is 0 Å². The smallest absolute Gasteiger partial charge is 0.0791 e. The summed E-state index contributed by atoms with van der Waals surface area (Å²) in [7, 11) is 0. The van der Waals surface area contributed by atoms with E-state index in [2.05, 4.69) is 24.1 Å². The molecule has 3 atom stereocenters. The van der Waals surface area contributed by atoms with Gasteiger partial charge in [-0.1, -0.05) is 13.8 Å². The molecule has 2 aliphatic rings. The van der Waals surface area contributed by atoms with Crippen molar-refractivity contribution in [1.29, 1.82) is 0 Å². The van der Waals surface area contributed by atoms with E-state index in [1.165, 1.54) is 12.8 Å². The number of likely N-dealkylation sites (tertiary alicyclic amines) is 1. The molecule has 0 radical (unpaired) electrons. The number of β-amino-alcohol motifs (C(OH)–C–C–N with tert-alkyl or cyclic N) is 1. The van der Waals surface area contributed by atoms with E-state index in [4.69, 9.17) is 0 Å². The number of aliphatic hydroxyl groups is 1. The van der Waals surface area contributed by atoms with Gasteiger partial charge in [-0.3, -0.25) is 0 Å². The zero-order valence-corrected chi connectivity index (χ0v) is 9.95. The first-order valence-corrected chi connectivity index (χ1v) is 6.29. The average molecular weight is 212 g/mol. The predicted molar refractivity (Wildman–Crippen MR) is 61.8 cm³/mol. The van der Waals surface area contributed by atoms with Crippen molar-refractivity contribution in [3.05, 3.63) is 0 Å². The van der Waals surface area contributed by atoms with Crippen molar-refractivity contribution in [2.24, 2.45) is 11.8 Å². The maximum absolute atomic E-state index is 9.85. The Morgan fingerprint density at radius 2 is 1.87 bits per heavy atom. The molecule has 2 rings (SSSR count). The molecule has 0 spiro atoms. The molecule has 1 saturated carbocycles. The van der Waals surface area contributed by atoms with E-state index in [0.29, 0.717) is 6.04 Å². The molecule has 2 fully saturated rings. The lowest BCUT2D eigenvalue weighted by Crippen LogP contribution is -2.38. The molecule has 3 unspecified atom stereocenters. The van der Waals surface area contributed by atoms with Crippen LogP contribution in [0, 0.1) is 11.8 Å². The van der Waals surface area contributed by atoms with Gasteiger partial charge < -0.3 is 15.3 Å². The van der Waals surface area contributed by atoms with Crippen molar-refractivity contribution in [3.8, 4) is 0 Å². The van der Waals surface area contributed by atoms with Crippen molar-refractivity contribution in [2.75, 3.05) is 26.2 Å². The summed E-state index contributed by atoms with van der Waals surface area (Å²) in [6.45, 7) is 8.53. The van der Waals surface area contributed by atoms with Crippen molar-refractivity contribution in [1.82, 2.24) is 10.2 Å². The number of nitrogens with zero attached hydrogens (tertiary/aromatic N) is 1. The zero-order chi connectivity index (χ0) is 10.8. The maximum atomic E-state index is 9.85. The van der Waals surface area contributed by atoms with Crippen LogP contribution in [0.5, 0.6) is 0 Å². The summed E-state index contributed by atoms with van der Waals surface area (Å²) in [5.74, 6) is 1.57. The van der Waals surface area contributed by atoms with E-state index in [-0.39, 0.29) is 6.10 Å². The summed E-state index contributed by atoms with van der Waals surface area (Å²) in [6.07, 6.45) is 2.40. The molecular formula is C12H24N2O. The fourth-order valence-electron chi connectivity index (χ4n) is 2.35. The molecule has 1 aliphatic heterocycles. The van der Waals surface area contributed by atoms with E-state index in [9.17, 15) is 5.11 Å². The number of hydrogen-bond acceptors (Lipinski definition) is 3. The lowest BCUT2D eigenvalue weighted by molar-refractivity contribution is 0.120. The van der Waals surface area contributed by atoms with Crippen LogP contribution in [0.2, 0.25) is 0 Å². The van der Waals surface area contributed by atoms with Crippen LogP contribution in [0.25, 0.3) is 0 Å². The number of aliphatic hydroxyl groups excluding tert-OH is 1. The van der Waals surface area contributed by atoms with Crippen molar-refractivity contribution in [2.45, 2.75) is 38.8 Å². The normalized spacial score (nSPS) is 34.6. The fourth-order valence-corrected chi connectivity index (χ4v) is 2.35. The first-order valence-electron chi connectivity index (χ1n) is 6.29. The highest BCUT2D eigenvalue weighted by Crippen LogP contribution is 2.22. The topological polar surface area (TPSA) is 35.5 Å². The van der Waals surface area contributed by atoms with Gasteiger partial charge >= 0.3 is 0 Å². The van der Waals surface area contributed by atoms with Crippen molar-refractivity contribution < 1.29 is 5.11 Å². The van der Waals surface area contributed by atoms with Crippen LogP contribution in [0.3, 0.4) is 0 Å². The third kappa shape index (κ3) is 3.44. The molecule has 3 nitrogen and oxygen atoms in total. The lowest BCUT2D eigenvalue weighted by Gasteiger charge is -2.20. The average Bonchev–Trinajstić information content (AvgIpc) is 2.93. The monoisotopic (exact) mass is 212 g/mol. The summed E-state index contributed by atoms with van der Waals surface area (Å²) < 4.78 is 0. The molecule has 1 saturated heterocycles. The minimum atomic E-state index is -0.192. The third-order valence-electron chi connectivity index (χ3n) is 3.75. The van der Waals surface area contributed by atoms with Crippen molar-refractivity contribution in [3.63, 3.8) is 0 Å². The molecular weight excluding hydrogens is 188 g/mol. The van der Waals surface area contributed by atoms with E-state index < -0.39 is 0 Å². The number of nitrogens with one attached hydrogen (secondary N) is 1. The highest BCUT2D eigenvalue weighted by Gasteiger charge is 2.27. The van der Waals surface area contributed by atoms with Gasteiger partial charge in [0.05, 0.1) is 6.10 Å². The first-order chi connectivity index (χ1) is 7.15. The Balaban J connectivity index is 1.62. The second-order valence-corrected chi connectivity index (χ2v) is 5.51. The minimum Gasteiger partial charge on any atom is -0.390 e. The molecule has 0 aromatic heterocycles. The van der Waals surface area contributed by atoms with Gasteiger partial charge in [-0.25, -0.2) is 0 Å². The van der Waals surface area contributed by atoms with E-state index in [1.807, 2.05) is 0 Å².